The van der Waals surface area contributed by atoms with Gasteiger partial charge in [0, 0.05) is 5.56 Å². The number of ketones is 1. The molecule has 0 aliphatic carbocycles. The first kappa shape index (κ1) is 37.2. The Morgan fingerprint density at radius 2 is 1.11 bits per heavy atom. The molecule has 166 valence electrons. The molecule has 0 atom stereocenters. The molecular weight excluding hydrogens is 340 g/mol. The maximum absolute atomic E-state index is 10.8. The molecule has 1 heteroatoms. The van der Waals surface area contributed by atoms with Crippen LogP contribution in [0.4, 0.5) is 0 Å². The zero-order valence-corrected chi connectivity index (χ0v) is 21.2. The van der Waals surface area contributed by atoms with Crippen LogP contribution in [-0.2, 0) is 0 Å². The zero-order valence-electron chi connectivity index (χ0n) is 21.2. The van der Waals surface area contributed by atoms with Crippen molar-refractivity contribution in [1.29, 1.82) is 0 Å². The van der Waals surface area contributed by atoms with Crippen molar-refractivity contribution >= 4 is 5.78 Å². The first-order valence-corrected chi connectivity index (χ1v) is 11.2. The first-order valence-electron chi connectivity index (χ1n) is 11.2. The summed E-state index contributed by atoms with van der Waals surface area (Å²) in [6.07, 6.45) is 16.0. The third-order valence-corrected chi connectivity index (χ3v) is 3.02. The highest BCUT2D eigenvalue weighted by Crippen LogP contribution is 2.10. The lowest BCUT2D eigenvalue weighted by atomic mass is 10.0. The summed E-state index contributed by atoms with van der Waals surface area (Å²) in [5.41, 5.74) is 1.97. The fourth-order valence-corrected chi connectivity index (χ4v) is 1.92. The molecule has 28 heavy (non-hydrogen) atoms. The predicted octanol–water partition coefficient (Wildman–Crippen LogP) is 9.53. The maximum atomic E-state index is 10.8. The highest BCUT2D eigenvalue weighted by Gasteiger charge is 1.96. The highest BCUT2D eigenvalue weighted by molar-refractivity contribution is 5.93. The second-order valence-corrected chi connectivity index (χ2v) is 6.52. The number of carbonyl (C=O) groups excluding carboxylic acids is 1. The van der Waals surface area contributed by atoms with E-state index in [1.165, 1.54) is 44.1 Å². The van der Waals surface area contributed by atoms with Gasteiger partial charge < -0.3 is 0 Å². The van der Waals surface area contributed by atoms with Crippen molar-refractivity contribution < 1.29 is 4.79 Å². The molecule has 0 bridgehead atoms. The molecule has 0 fully saturated rings. The topological polar surface area (TPSA) is 17.1 Å². The van der Waals surface area contributed by atoms with Gasteiger partial charge in [-0.1, -0.05) is 131 Å². The third kappa shape index (κ3) is 39.5. The predicted molar refractivity (Wildman–Crippen MR) is 133 cm³/mol. The summed E-state index contributed by atoms with van der Waals surface area (Å²) < 4.78 is 0. The van der Waals surface area contributed by atoms with E-state index in [0.717, 1.165) is 11.5 Å². The number of hydrogen-bond donors (Lipinski definition) is 0. The fourth-order valence-electron chi connectivity index (χ4n) is 1.92. The van der Waals surface area contributed by atoms with Crippen molar-refractivity contribution in [2.45, 2.75) is 115 Å². The van der Waals surface area contributed by atoms with Crippen molar-refractivity contribution in [3.63, 3.8) is 0 Å². The average Bonchev–Trinajstić information content (AvgIpc) is 2.68. The van der Waals surface area contributed by atoms with Crippen LogP contribution < -0.4 is 0 Å². The molecule has 0 heterocycles. The summed E-state index contributed by atoms with van der Waals surface area (Å²) in [6.45, 7) is 22.9. The van der Waals surface area contributed by atoms with Gasteiger partial charge in [-0.15, -0.1) is 12.8 Å². The summed E-state index contributed by atoms with van der Waals surface area (Å²) in [6, 6.07) is 7.57. The molecule has 1 nitrogen and oxygen atoms in total. The molecular formula is C27H52O. The Balaban J connectivity index is -0.0000000876. The van der Waals surface area contributed by atoms with Crippen LogP contribution in [0.15, 0.2) is 24.3 Å². The van der Waals surface area contributed by atoms with Gasteiger partial charge in [0.2, 0.25) is 0 Å². The number of rotatable bonds is 5. The molecule has 1 aromatic rings. The number of terminal acetylenes is 1. The Labute approximate surface area is 179 Å². The van der Waals surface area contributed by atoms with Gasteiger partial charge in [0.1, 0.15) is 0 Å². The van der Waals surface area contributed by atoms with E-state index in [0.29, 0.717) is 0 Å². The molecule has 0 radical (unpaired) electrons. The van der Waals surface area contributed by atoms with Crippen LogP contribution >= 0.6 is 0 Å². The fraction of sp³-hybridized carbons (Fsp3) is 0.667. The van der Waals surface area contributed by atoms with E-state index >= 15 is 0 Å². The van der Waals surface area contributed by atoms with Crippen LogP contribution in [0.25, 0.3) is 0 Å². The molecule has 0 aliphatic rings. The van der Waals surface area contributed by atoms with Gasteiger partial charge in [-0.2, -0.15) is 0 Å². The van der Waals surface area contributed by atoms with Crippen molar-refractivity contribution in [2.75, 3.05) is 0 Å². The van der Waals surface area contributed by atoms with E-state index in [4.69, 9.17) is 0 Å². The molecule has 0 spiro atoms. The maximum Gasteiger partial charge on any atom is 0.159 e. The van der Waals surface area contributed by atoms with Crippen molar-refractivity contribution in [2.24, 2.45) is 5.92 Å². The largest absolute Gasteiger partial charge is 0.295 e. The molecule has 1 rings (SSSR count). The molecule has 0 N–H and O–H groups in total. The van der Waals surface area contributed by atoms with E-state index in [9.17, 15) is 4.79 Å². The zero-order chi connectivity index (χ0) is 23.4. The number of benzene rings is 1. The second kappa shape index (κ2) is 36.4. The SMILES string of the molecule is C#C.CC.CC(=O)c1ccc(C)cc1.CCC.CCC.CCCC(C)CCC. The number of carbonyl (C=O) groups is 1. The third-order valence-electron chi connectivity index (χ3n) is 3.02. The lowest BCUT2D eigenvalue weighted by molar-refractivity contribution is 0.101. The Morgan fingerprint density at radius 1 is 0.821 bits per heavy atom. The van der Waals surface area contributed by atoms with Gasteiger partial charge in [0.25, 0.3) is 0 Å². The van der Waals surface area contributed by atoms with E-state index in [2.05, 4.69) is 61.3 Å². The van der Waals surface area contributed by atoms with E-state index in [-0.39, 0.29) is 5.78 Å². The summed E-state index contributed by atoms with van der Waals surface area (Å²) in [4.78, 5) is 10.8. The van der Waals surface area contributed by atoms with Crippen molar-refractivity contribution in [3.05, 3.63) is 35.4 Å². The molecule has 0 amide bonds. The quantitative estimate of drug-likeness (QED) is 0.360. The number of hydrogen-bond acceptors (Lipinski definition) is 1. The number of aryl methyl sites for hydroxylation is 1. The Bertz CT molecular complexity index is 378. The van der Waals surface area contributed by atoms with Gasteiger partial charge >= 0.3 is 0 Å². The van der Waals surface area contributed by atoms with E-state index < -0.39 is 0 Å². The highest BCUT2D eigenvalue weighted by atomic mass is 16.1. The van der Waals surface area contributed by atoms with Crippen molar-refractivity contribution in [3.8, 4) is 12.8 Å². The Morgan fingerprint density at radius 3 is 1.32 bits per heavy atom. The average molecular weight is 393 g/mol. The molecule has 0 saturated heterocycles. The van der Waals surface area contributed by atoms with Gasteiger partial charge in [-0.25, -0.2) is 0 Å². The number of Topliss-reactive ketones (excluding diaryl/α,β-unsaturated/α-hetero) is 1. The van der Waals surface area contributed by atoms with Crippen LogP contribution in [0.1, 0.15) is 124 Å². The first-order chi connectivity index (χ1) is 13.3. The van der Waals surface area contributed by atoms with Gasteiger partial charge in [0.15, 0.2) is 5.78 Å². The normalized spacial score (nSPS) is 7.93. The molecule has 0 saturated carbocycles. The standard InChI is InChI=1S/C9H10O.C8H18.2C3H8.C2H6.C2H2/c1-7-3-5-9(6-4-7)8(2)10;1-4-6-8(3)7-5-2;2*1-3-2;2*1-2/h3-6H,1-2H3;8H,4-7H2,1-3H3;2*3H2,1-2H3;1-2H3;1-2H. The minimum atomic E-state index is 0.125. The lowest BCUT2D eigenvalue weighted by Gasteiger charge is -2.05. The van der Waals surface area contributed by atoms with Gasteiger partial charge in [-0.3, -0.25) is 4.79 Å². The molecule has 1 aromatic carbocycles. The van der Waals surface area contributed by atoms with E-state index in [1.807, 2.05) is 45.0 Å². The van der Waals surface area contributed by atoms with Crippen LogP contribution in [-0.4, -0.2) is 5.78 Å². The smallest absolute Gasteiger partial charge is 0.159 e. The van der Waals surface area contributed by atoms with E-state index in [1.54, 1.807) is 6.92 Å². The molecule has 0 unspecified atom stereocenters. The van der Waals surface area contributed by atoms with Crippen LogP contribution in [0.5, 0.6) is 0 Å². The van der Waals surface area contributed by atoms with Crippen LogP contribution in [0, 0.1) is 25.7 Å². The summed E-state index contributed by atoms with van der Waals surface area (Å²) in [7, 11) is 0. The molecule has 0 aromatic heterocycles. The summed E-state index contributed by atoms with van der Waals surface area (Å²) >= 11 is 0. The van der Waals surface area contributed by atoms with Crippen LogP contribution in [0.3, 0.4) is 0 Å². The Kier molecular flexibility index (Phi) is 48.4. The molecule has 0 aliphatic heterocycles. The Hall–Kier alpha value is -1.55. The van der Waals surface area contributed by atoms with Crippen molar-refractivity contribution in [1.82, 2.24) is 0 Å². The summed E-state index contributed by atoms with van der Waals surface area (Å²) in [5, 5.41) is 0. The second-order valence-electron chi connectivity index (χ2n) is 6.52. The van der Waals surface area contributed by atoms with Gasteiger partial charge in [-0.05, 0) is 19.8 Å². The minimum Gasteiger partial charge on any atom is -0.295 e. The van der Waals surface area contributed by atoms with Gasteiger partial charge in [0.05, 0.1) is 0 Å². The van der Waals surface area contributed by atoms with Crippen LogP contribution in [0.2, 0.25) is 0 Å². The monoisotopic (exact) mass is 392 g/mol. The summed E-state index contributed by atoms with van der Waals surface area (Å²) in [5.74, 6) is 1.09. The minimum absolute atomic E-state index is 0.125. The lowest BCUT2D eigenvalue weighted by Crippen LogP contribution is -1.91.